The lowest BCUT2D eigenvalue weighted by atomic mass is 10.1. The number of carboxylic acids is 1. The van der Waals surface area contributed by atoms with E-state index < -0.39 is 5.97 Å². The first-order chi connectivity index (χ1) is 9.43. The van der Waals surface area contributed by atoms with Crippen LogP contribution >= 0.6 is 0 Å². The van der Waals surface area contributed by atoms with Crippen LogP contribution in [0.25, 0.3) is 0 Å². The molecule has 0 aromatic heterocycles. The number of carboxylic acid groups (broad SMARTS) is 1. The Hall–Kier alpha value is -2.08. The summed E-state index contributed by atoms with van der Waals surface area (Å²) in [6, 6.07) is 6.19. The van der Waals surface area contributed by atoms with Crippen molar-refractivity contribution in [2.24, 2.45) is 0 Å². The number of hydrogen-bond donors (Lipinski definition) is 2. The molecule has 0 spiro atoms. The summed E-state index contributed by atoms with van der Waals surface area (Å²) in [6.45, 7) is 2.74. The normalized spacial score (nSPS) is 11.8. The van der Waals surface area contributed by atoms with Crippen LogP contribution in [0.4, 0.5) is 4.79 Å². The Balaban J connectivity index is 2.46. The minimum atomic E-state index is -0.964. The van der Waals surface area contributed by atoms with Gasteiger partial charge in [0, 0.05) is 27.2 Å². The number of ether oxygens (including phenoxy) is 1. The monoisotopic (exact) mass is 280 g/mol. The fourth-order valence-corrected chi connectivity index (χ4v) is 1.62. The molecular weight excluding hydrogens is 260 g/mol. The van der Waals surface area contributed by atoms with Crippen molar-refractivity contribution in [3.05, 3.63) is 35.4 Å². The number of nitrogens with one attached hydrogen (secondary N) is 1. The molecule has 1 atom stereocenters. The van der Waals surface area contributed by atoms with E-state index >= 15 is 0 Å². The van der Waals surface area contributed by atoms with E-state index in [0.717, 1.165) is 5.56 Å². The predicted octanol–water partition coefficient (Wildman–Crippen LogP) is 1.56. The van der Waals surface area contributed by atoms with E-state index in [1.165, 1.54) is 12.1 Å². The number of carbonyl (C=O) groups excluding carboxylic acids is 1. The van der Waals surface area contributed by atoms with Crippen LogP contribution in [0.15, 0.2) is 24.3 Å². The van der Waals surface area contributed by atoms with Crippen molar-refractivity contribution in [1.29, 1.82) is 0 Å². The van der Waals surface area contributed by atoms with E-state index in [1.54, 1.807) is 31.2 Å². The highest BCUT2D eigenvalue weighted by Crippen LogP contribution is 2.04. The zero-order chi connectivity index (χ0) is 15.1. The molecule has 1 unspecified atom stereocenters. The molecule has 1 aromatic rings. The van der Waals surface area contributed by atoms with Crippen LogP contribution in [0.3, 0.4) is 0 Å². The number of rotatable bonds is 6. The summed E-state index contributed by atoms with van der Waals surface area (Å²) in [4.78, 5) is 24.1. The van der Waals surface area contributed by atoms with Crippen molar-refractivity contribution in [3.63, 3.8) is 0 Å². The SMILES string of the molecule is COC(C)CN(C)C(=O)NCc1ccc(C(=O)O)cc1. The number of likely N-dealkylation sites (N-methyl/N-ethyl adjacent to an activating group) is 1. The van der Waals surface area contributed by atoms with Crippen molar-refractivity contribution in [3.8, 4) is 0 Å². The molecule has 6 nitrogen and oxygen atoms in total. The Kier molecular flexibility index (Phi) is 5.99. The molecule has 20 heavy (non-hydrogen) atoms. The first-order valence-corrected chi connectivity index (χ1v) is 6.28. The summed E-state index contributed by atoms with van der Waals surface area (Å²) in [6.07, 6.45) is -0.0272. The van der Waals surface area contributed by atoms with Crippen LogP contribution in [-0.4, -0.2) is 48.8 Å². The van der Waals surface area contributed by atoms with Crippen molar-refractivity contribution in [1.82, 2.24) is 10.2 Å². The number of benzene rings is 1. The van der Waals surface area contributed by atoms with Crippen LogP contribution in [0.2, 0.25) is 0 Å². The average molecular weight is 280 g/mol. The van der Waals surface area contributed by atoms with E-state index in [2.05, 4.69) is 5.32 Å². The molecule has 0 aliphatic carbocycles. The van der Waals surface area contributed by atoms with Gasteiger partial charge in [-0.3, -0.25) is 0 Å². The maximum Gasteiger partial charge on any atom is 0.335 e. The topological polar surface area (TPSA) is 78.9 Å². The summed E-state index contributed by atoms with van der Waals surface area (Å²) >= 11 is 0. The van der Waals surface area contributed by atoms with Gasteiger partial charge in [-0.1, -0.05) is 12.1 Å². The molecule has 0 bridgehead atoms. The van der Waals surface area contributed by atoms with Gasteiger partial charge in [0.2, 0.25) is 0 Å². The van der Waals surface area contributed by atoms with Gasteiger partial charge in [0.25, 0.3) is 0 Å². The van der Waals surface area contributed by atoms with Crippen molar-refractivity contribution < 1.29 is 19.4 Å². The van der Waals surface area contributed by atoms with Gasteiger partial charge in [0.1, 0.15) is 0 Å². The Morgan fingerprint density at radius 3 is 2.45 bits per heavy atom. The number of aromatic carboxylic acids is 1. The van der Waals surface area contributed by atoms with Gasteiger partial charge in [-0.15, -0.1) is 0 Å². The van der Waals surface area contributed by atoms with Gasteiger partial charge in [-0.05, 0) is 24.6 Å². The molecule has 0 aliphatic heterocycles. The van der Waals surface area contributed by atoms with Crippen LogP contribution in [-0.2, 0) is 11.3 Å². The van der Waals surface area contributed by atoms with E-state index in [1.807, 2.05) is 6.92 Å². The van der Waals surface area contributed by atoms with Gasteiger partial charge in [0.15, 0.2) is 0 Å². The van der Waals surface area contributed by atoms with E-state index in [9.17, 15) is 9.59 Å². The summed E-state index contributed by atoms with van der Waals surface area (Å²) in [5.74, 6) is -0.964. The molecule has 0 fully saturated rings. The first kappa shape index (κ1) is 16.0. The van der Waals surface area contributed by atoms with Gasteiger partial charge in [0.05, 0.1) is 11.7 Å². The number of carbonyl (C=O) groups is 2. The molecule has 0 heterocycles. The molecule has 0 saturated heterocycles. The van der Waals surface area contributed by atoms with Crippen LogP contribution < -0.4 is 5.32 Å². The average Bonchev–Trinajstić information content (AvgIpc) is 2.44. The zero-order valence-corrected chi connectivity index (χ0v) is 11.9. The highest BCUT2D eigenvalue weighted by molar-refractivity contribution is 5.87. The number of hydrogen-bond acceptors (Lipinski definition) is 3. The minimum absolute atomic E-state index is 0.0272. The Morgan fingerprint density at radius 2 is 1.95 bits per heavy atom. The lowest BCUT2D eigenvalue weighted by molar-refractivity contribution is 0.0697. The maximum absolute atomic E-state index is 11.8. The fraction of sp³-hybridized carbons (Fsp3) is 0.429. The molecule has 2 amide bonds. The second kappa shape index (κ2) is 7.49. The van der Waals surface area contributed by atoms with Gasteiger partial charge < -0.3 is 20.1 Å². The van der Waals surface area contributed by atoms with Crippen LogP contribution in [0.1, 0.15) is 22.8 Å². The lowest BCUT2D eigenvalue weighted by Gasteiger charge is -2.21. The Bertz CT molecular complexity index is 459. The van der Waals surface area contributed by atoms with Crippen LogP contribution in [0, 0.1) is 0 Å². The van der Waals surface area contributed by atoms with E-state index in [4.69, 9.17) is 9.84 Å². The fourth-order valence-electron chi connectivity index (χ4n) is 1.62. The summed E-state index contributed by atoms with van der Waals surface area (Å²) in [5.41, 5.74) is 1.07. The largest absolute Gasteiger partial charge is 0.478 e. The number of methoxy groups -OCH3 is 1. The summed E-state index contributed by atoms with van der Waals surface area (Å²) in [5, 5.41) is 11.5. The third-order valence-corrected chi connectivity index (χ3v) is 2.92. The lowest BCUT2D eigenvalue weighted by Crippen LogP contribution is -2.40. The molecular formula is C14H20N2O4. The number of amides is 2. The highest BCUT2D eigenvalue weighted by atomic mass is 16.5. The first-order valence-electron chi connectivity index (χ1n) is 6.28. The molecule has 6 heteroatoms. The third-order valence-electron chi connectivity index (χ3n) is 2.92. The smallest absolute Gasteiger partial charge is 0.335 e. The highest BCUT2D eigenvalue weighted by Gasteiger charge is 2.11. The molecule has 110 valence electrons. The standard InChI is InChI=1S/C14H20N2O4/c1-10(20-3)9-16(2)14(19)15-8-11-4-6-12(7-5-11)13(17)18/h4-7,10H,8-9H2,1-3H3,(H,15,19)(H,17,18). The second-order valence-corrected chi connectivity index (χ2v) is 4.59. The van der Waals surface area contributed by atoms with Crippen LogP contribution in [0.5, 0.6) is 0 Å². The van der Waals surface area contributed by atoms with Gasteiger partial charge >= 0.3 is 12.0 Å². The predicted molar refractivity (Wildman–Crippen MR) is 74.7 cm³/mol. The third kappa shape index (κ3) is 4.89. The summed E-state index contributed by atoms with van der Waals surface area (Å²) in [7, 11) is 3.29. The minimum Gasteiger partial charge on any atom is -0.478 e. The molecule has 0 radical (unpaired) electrons. The number of urea groups is 1. The molecule has 1 rings (SSSR count). The van der Waals surface area contributed by atoms with Crippen molar-refractivity contribution >= 4 is 12.0 Å². The van der Waals surface area contributed by atoms with Crippen molar-refractivity contribution in [2.45, 2.75) is 19.6 Å². The van der Waals surface area contributed by atoms with Crippen molar-refractivity contribution in [2.75, 3.05) is 20.7 Å². The maximum atomic E-state index is 11.8. The van der Waals surface area contributed by atoms with Gasteiger partial charge in [-0.2, -0.15) is 0 Å². The van der Waals surface area contributed by atoms with Gasteiger partial charge in [-0.25, -0.2) is 9.59 Å². The summed E-state index contributed by atoms with van der Waals surface area (Å²) < 4.78 is 5.09. The second-order valence-electron chi connectivity index (χ2n) is 4.59. The molecule has 0 aliphatic rings. The molecule has 2 N–H and O–H groups in total. The Labute approximate surface area is 118 Å². The van der Waals surface area contributed by atoms with E-state index in [0.29, 0.717) is 13.1 Å². The molecule has 1 aromatic carbocycles. The number of nitrogens with zero attached hydrogens (tertiary/aromatic N) is 1. The Morgan fingerprint density at radius 1 is 1.35 bits per heavy atom. The quantitative estimate of drug-likeness (QED) is 0.829. The zero-order valence-electron chi connectivity index (χ0n) is 11.9. The van der Waals surface area contributed by atoms with E-state index in [-0.39, 0.29) is 17.7 Å². The molecule has 0 saturated carbocycles.